The van der Waals surface area contributed by atoms with Crippen LogP contribution in [0.5, 0.6) is 5.75 Å². The van der Waals surface area contributed by atoms with Gasteiger partial charge in [-0.15, -0.1) is 0 Å². The fourth-order valence-electron chi connectivity index (χ4n) is 3.53. The highest BCUT2D eigenvalue weighted by Crippen LogP contribution is 2.31. The van der Waals surface area contributed by atoms with Crippen molar-refractivity contribution >= 4 is 17.3 Å². The number of ether oxygens (including phenoxy) is 1. The van der Waals surface area contributed by atoms with Gasteiger partial charge in [0.05, 0.1) is 11.1 Å². The maximum Gasteiger partial charge on any atom is 0.138 e. The first-order chi connectivity index (χ1) is 10.1. The molecule has 0 bridgehead atoms. The molecule has 116 valence electrons. The fraction of sp³-hybridized carbons (Fsp3) is 0.647. The molecule has 0 aromatic heterocycles. The summed E-state index contributed by atoms with van der Waals surface area (Å²) < 4.78 is 5.68. The van der Waals surface area contributed by atoms with E-state index in [0.29, 0.717) is 11.1 Å². The van der Waals surface area contributed by atoms with Crippen LogP contribution in [-0.2, 0) is 0 Å². The summed E-state index contributed by atoms with van der Waals surface area (Å²) in [6.07, 6.45) is 5.35. The van der Waals surface area contributed by atoms with Gasteiger partial charge in [-0.1, -0.05) is 11.6 Å². The van der Waals surface area contributed by atoms with Crippen molar-refractivity contribution in [3.05, 3.63) is 23.2 Å². The minimum atomic E-state index is 0.146. The van der Waals surface area contributed by atoms with Crippen LogP contribution in [0.3, 0.4) is 0 Å². The van der Waals surface area contributed by atoms with Gasteiger partial charge in [-0.05, 0) is 64.3 Å². The minimum Gasteiger partial charge on any atom is -0.489 e. The van der Waals surface area contributed by atoms with E-state index >= 15 is 0 Å². The number of hydrogen-bond acceptors (Lipinski definition) is 3. The van der Waals surface area contributed by atoms with Crippen molar-refractivity contribution in [2.24, 2.45) is 0 Å². The van der Waals surface area contributed by atoms with Crippen molar-refractivity contribution in [2.75, 3.05) is 18.4 Å². The molecule has 1 aromatic rings. The summed E-state index contributed by atoms with van der Waals surface area (Å²) in [6, 6.07) is 7.38. The van der Waals surface area contributed by atoms with Gasteiger partial charge in [0.15, 0.2) is 0 Å². The van der Waals surface area contributed by atoms with E-state index < -0.39 is 0 Å². The number of anilines is 1. The number of fused-ring (bicyclic) bond motifs is 1. The molecule has 3 rings (SSSR count). The van der Waals surface area contributed by atoms with Crippen LogP contribution >= 0.6 is 11.6 Å². The van der Waals surface area contributed by atoms with E-state index in [1.165, 1.54) is 38.8 Å². The predicted octanol–water partition coefficient (Wildman–Crippen LogP) is 4.17. The van der Waals surface area contributed by atoms with Gasteiger partial charge in [0.2, 0.25) is 0 Å². The quantitative estimate of drug-likeness (QED) is 0.903. The van der Waals surface area contributed by atoms with E-state index in [4.69, 9.17) is 16.3 Å². The summed E-state index contributed by atoms with van der Waals surface area (Å²) in [4.78, 5) is 2.64. The van der Waals surface area contributed by atoms with E-state index in [1.807, 2.05) is 26.0 Å². The number of nitrogens with one attached hydrogen (secondary N) is 1. The zero-order chi connectivity index (χ0) is 14.8. The Hall–Kier alpha value is -0.930. The molecule has 2 aliphatic heterocycles. The molecule has 3 nitrogen and oxygen atoms in total. The maximum absolute atomic E-state index is 6.31. The fourth-order valence-corrected chi connectivity index (χ4v) is 3.76. The lowest BCUT2D eigenvalue weighted by molar-refractivity contribution is 0.188. The Kier molecular flexibility index (Phi) is 4.60. The largest absolute Gasteiger partial charge is 0.489 e. The lowest BCUT2D eigenvalue weighted by atomic mass is 9.97. The zero-order valence-corrected chi connectivity index (χ0v) is 13.7. The second kappa shape index (κ2) is 6.45. The van der Waals surface area contributed by atoms with Crippen LogP contribution in [0.1, 0.15) is 39.5 Å². The Bertz CT molecular complexity index is 492. The molecule has 0 spiro atoms. The normalized spacial score (nSPS) is 25.9. The Morgan fingerprint density at radius 2 is 2.14 bits per heavy atom. The minimum absolute atomic E-state index is 0.146. The van der Waals surface area contributed by atoms with Gasteiger partial charge >= 0.3 is 0 Å². The second-order valence-electron chi connectivity index (χ2n) is 6.51. The Labute approximate surface area is 132 Å². The number of nitrogens with zero attached hydrogens (tertiary/aromatic N) is 1. The van der Waals surface area contributed by atoms with Crippen LogP contribution in [0.2, 0.25) is 5.02 Å². The first-order valence-corrected chi connectivity index (χ1v) is 8.46. The smallest absolute Gasteiger partial charge is 0.138 e. The van der Waals surface area contributed by atoms with Crippen LogP contribution in [0.15, 0.2) is 18.2 Å². The SMILES string of the molecule is CC(C)Oc1ccc(NC2CCN3CCCC3C2)cc1Cl. The first kappa shape index (κ1) is 15.0. The lowest BCUT2D eigenvalue weighted by Gasteiger charge is -2.35. The van der Waals surface area contributed by atoms with Crippen LogP contribution in [0.25, 0.3) is 0 Å². The summed E-state index contributed by atoms with van der Waals surface area (Å²) in [5, 5.41) is 4.34. The van der Waals surface area contributed by atoms with E-state index in [-0.39, 0.29) is 6.10 Å². The monoisotopic (exact) mass is 308 g/mol. The highest BCUT2D eigenvalue weighted by Gasteiger charge is 2.31. The Morgan fingerprint density at radius 3 is 2.90 bits per heavy atom. The molecule has 2 fully saturated rings. The van der Waals surface area contributed by atoms with E-state index in [0.717, 1.165) is 17.5 Å². The molecule has 2 heterocycles. The van der Waals surface area contributed by atoms with Crippen molar-refractivity contribution in [3.8, 4) is 5.75 Å². The molecule has 1 aromatic carbocycles. The standard InChI is InChI=1S/C17H25ClN2O/c1-12(2)21-17-6-5-13(11-16(17)18)19-14-7-9-20-8-3-4-15(20)10-14/h5-6,11-12,14-15,19H,3-4,7-10H2,1-2H3. The van der Waals surface area contributed by atoms with Crippen LogP contribution < -0.4 is 10.1 Å². The summed E-state index contributed by atoms with van der Waals surface area (Å²) in [7, 11) is 0. The Morgan fingerprint density at radius 1 is 1.29 bits per heavy atom. The highest BCUT2D eigenvalue weighted by molar-refractivity contribution is 6.32. The van der Waals surface area contributed by atoms with Gasteiger partial charge in [0.25, 0.3) is 0 Å². The molecule has 1 N–H and O–H groups in total. The molecule has 2 atom stereocenters. The Balaban J connectivity index is 1.61. The van der Waals surface area contributed by atoms with Crippen molar-refractivity contribution < 1.29 is 4.74 Å². The predicted molar refractivity (Wildman–Crippen MR) is 88.5 cm³/mol. The molecule has 0 aliphatic carbocycles. The number of rotatable bonds is 4. The summed E-state index contributed by atoms with van der Waals surface area (Å²) in [5.41, 5.74) is 1.10. The molecule has 21 heavy (non-hydrogen) atoms. The molecule has 0 radical (unpaired) electrons. The molecule has 2 unspecified atom stereocenters. The van der Waals surface area contributed by atoms with Crippen molar-refractivity contribution in [1.29, 1.82) is 0 Å². The average molecular weight is 309 g/mol. The first-order valence-electron chi connectivity index (χ1n) is 8.08. The van der Waals surface area contributed by atoms with Gasteiger partial charge < -0.3 is 15.0 Å². The van der Waals surface area contributed by atoms with Gasteiger partial charge in [-0.3, -0.25) is 0 Å². The van der Waals surface area contributed by atoms with Crippen molar-refractivity contribution in [2.45, 2.75) is 57.7 Å². The highest BCUT2D eigenvalue weighted by atomic mass is 35.5. The topological polar surface area (TPSA) is 24.5 Å². The number of piperidine rings is 1. The van der Waals surface area contributed by atoms with Crippen molar-refractivity contribution in [1.82, 2.24) is 4.90 Å². The van der Waals surface area contributed by atoms with Gasteiger partial charge in [0, 0.05) is 24.3 Å². The number of benzene rings is 1. The van der Waals surface area contributed by atoms with Gasteiger partial charge in [-0.25, -0.2) is 0 Å². The van der Waals surface area contributed by atoms with Crippen molar-refractivity contribution in [3.63, 3.8) is 0 Å². The number of halogens is 1. The summed E-state index contributed by atoms with van der Waals surface area (Å²) in [6.45, 7) is 6.55. The van der Waals surface area contributed by atoms with Gasteiger partial charge in [-0.2, -0.15) is 0 Å². The maximum atomic E-state index is 6.31. The third-order valence-electron chi connectivity index (χ3n) is 4.49. The van der Waals surface area contributed by atoms with E-state index in [2.05, 4.69) is 16.3 Å². The molecule has 2 saturated heterocycles. The van der Waals surface area contributed by atoms with E-state index in [9.17, 15) is 0 Å². The summed E-state index contributed by atoms with van der Waals surface area (Å²) in [5.74, 6) is 0.767. The second-order valence-corrected chi connectivity index (χ2v) is 6.92. The third kappa shape index (κ3) is 3.64. The molecule has 4 heteroatoms. The molecular weight excluding hydrogens is 284 g/mol. The average Bonchev–Trinajstić information content (AvgIpc) is 2.89. The molecule has 0 saturated carbocycles. The lowest BCUT2D eigenvalue weighted by Crippen LogP contribution is -2.42. The van der Waals surface area contributed by atoms with Gasteiger partial charge in [0.1, 0.15) is 5.75 Å². The molecular formula is C17H25ClN2O. The molecule has 2 aliphatic rings. The summed E-state index contributed by atoms with van der Waals surface area (Å²) >= 11 is 6.31. The van der Waals surface area contributed by atoms with E-state index in [1.54, 1.807) is 0 Å². The van der Waals surface area contributed by atoms with Crippen LogP contribution in [0, 0.1) is 0 Å². The molecule has 0 amide bonds. The number of hydrogen-bond donors (Lipinski definition) is 1. The zero-order valence-electron chi connectivity index (χ0n) is 12.9. The van der Waals surface area contributed by atoms with Crippen LogP contribution in [0.4, 0.5) is 5.69 Å². The van der Waals surface area contributed by atoms with Crippen LogP contribution in [-0.4, -0.2) is 36.2 Å². The third-order valence-corrected chi connectivity index (χ3v) is 4.78.